The molecule has 0 aliphatic rings. The molecular formula is C6H13ClNO3P. The van der Waals surface area contributed by atoms with Gasteiger partial charge in [-0.25, -0.2) is 0 Å². The van der Waals surface area contributed by atoms with Gasteiger partial charge in [0.15, 0.2) is 0 Å². The zero-order valence-electron chi connectivity index (χ0n) is 7.28. The van der Waals surface area contributed by atoms with Crippen LogP contribution < -0.4 is 5.73 Å². The standard InChI is InChI=1S/C6H13NO2.ClOP/c1-4(2)9-6(8)5(3)7;1-3-2/h4-5H,7H2,1-3H3;/t5-;/m0./s1. The molecule has 0 spiro atoms. The van der Waals surface area contributed by atoms with E-state index in [2.05, 4.69) is 11.2 Å². The maximum atomic E-state index is 10.6. The van der Waals surface area contributed by atoms with Crippen molar-refractivity contribution in [1.82, 2.24) is 0 Å². The molecule has 0 saturated heterocycles. The lowest BCUT2D eigenvalue weighted by Crippen LogP contribution is -2.30. The summed E-state index contributed by atoms with van der Waals surface area (Å²) < 4.78 is 13.4. The molecule has 12 heavy (non-hydrogen) atoms. The van der Waals surface area contributed by atoms with Crippen LogP contribution >= 0.6 is 19.1 Å². The largest absolute Gasteiger partial charge is 0.462 e. The molecule has 0 saturated carbocycles. The van der Waals surface area contributed by atoms with Crippen molar-refractivity contribution in [2.75, 3.05) is 0 Å². The summed E-state index contributed by atoms with van der Waals surface area (Å²) in [4.78, 5) is 10.6. The molecule has 0 aliphatic heterocycles. The Morgan fingerprint density at radius 1 is 1.50 bits per heavy atom. The Labute approximate surface area is 78.4 Å². The monoisotopic (exact) mass is 213 g/mol. The lowest BCUT2D eigenvalue weighted by molar-refractivity contribution is -0.148. The van der Waals surface area contributed by atoms with Crippen LogP contribution in [0.3, 0.4) is 0 Å². The number of hydrogen-bond acceptors (Lipinski definition) is 4. The van der Waals surface area contributed by atoms with Crippen LogP contribution in [0.25, 0.3) is 0 Å². The van der Waals surface area contributed by atoms with Crippen LogP contribution in [0.2, 0.25) is 0 Å². The smallest absolute Gasteiger partial charge is 0.322 e. The molecule has 0 fully saturated rings. The van der Waals surface area contributed by atoms with Crippen molar-refractivity contribution in [1.29, 1.82) is 0 Å². The quantitative estimate of drug-likeness (QED) is 0.560. The van der Waals surface area contributed by atoms with Gasteiger partial charge < -0.3 is 10.5 Å². The minimum atomic E-state index is -0.507. The van der Waals surface area contributed by atoms with Crippen molar-refractivity contribution < 1.29 is 14.1 Å². The Kier molecular flexibility index (Phi) is 10.7. The summed E-state index contributed by atoms with van der Waals surface area (Å²) in [5, 5.41) is 0. The second kappa shape index (κ2) is 8.91. The fraction of sp³-hybridized carbons (Fsp3) is 0.833. The zero-order valence-corrected chi connectivity index (χ0v) is 8.93. The van der Waals surface area contributed by atoms with E-state index >= 15 is 0 Å². The topological polar surface area (TPSA) is 69.4 Å². The van der Waals surface area contributed by atoms with Crippen LogP contribution in [0.15, 0.2) is 0 Å². The summed E-state index contributed by atoms with van der Waals surface area (Å²) in [6, 6.07) is -0.507. The number of ether oxygens (including phenoxy) is 1. The molecule has 1 atom stereocenters. The van der Waals surface area contributed by atoms with Gasteiger partial charge in [0.1, 0.15) is 6.04 Å². The first-order valence-electron chi connectivity index (χ1n) is 3.35. The number of carbonyl (C=O) groups excluding carboxylic acids is 1. The highest BCUT2D eigenvalue weighted by molar-refractivity contribution is 7.57. The summed E-state index contributed by atoms with van der Waals surface area (Å²) in [5.41, 5.74) is 5.21. The van der Waals surface area contributed by atoms with E-state index in [0.29, 0.717) is 0 Å². The SMILES string of the molecule is CC(C)OC(=O)[C@H](C)N.O=PCl. The minimum Gasteiger partial charge on any atom is -0.462 e. The molecule has 0 aromatic carbocycles. The lowest BCUT2D eigenvalue weighted by Gasteiger charge is -2.08. The van der Waals surface area contributed by atoms with Gasteiger partial charge in [0.25, 0.3) is 7.81 Å². The van der Waals surface area contributed by atoms with Crippen LogP contribution in [-0.4, -0.2) is 18.1 Å². The van der Waals surface area contributed by atoms with Crippen LogP contribution in [0.4, 0.5) is 0 Å². The third-order valence-electron chi connectivity index (χ3n) is 0.724. The first-order valence-corrected chi connectivity index (χ1v) is 5.07. The highest BCUT2D eigenvalue weighted by Gasteiger charge is 2.09. The first kappa shape index (κ1) is 14.3. The minimum absolute atomic E-state index is 0.0662. The van der Waals surface area contributed by atoms with Crippen LogP contribution in [0.1, 0.15) is 20.8 Å². The van der Waals surface area contributed by atoms with E-state index in [-0.39, 0.29) is 19.9 Å². The molecule has 0 bridgehead atoms. The van der Waals surface area contributed by atoms with Crippen LogP contribution in [-0.2, 0) is 14.1 Å². The van der Waals surface area contributed by atoms with Gasteiger partial charge in [0.2, 0.25) is 0 Å². The van der Waals surface area contributed by atoms with Crippen molar-refractivity contribution in [3.05, 3.63) is 0 Å². The summed E-state index contributed by atoms with van der Waals surface area (Å²) in [5.74, 6) is -0.343. The first-order chi connectivity index (χ1) is 5.45. The molecule has 0 aliphatic carbocycles. The second-order valence-electron chi connectivity index (χ2n) is 2.34. The molecule has 72 valence electrons. The van der Waals surface area contributed by atoms with Gasteiger partial charge in [0.05, 0.1) is 6.10 Å². The number of esters is 1. The van der Waals surface area contributed by atoms with E-state index in [4.69, 9.17) is 15.0 Å². The van der Waals surface area contributed by atoms with E-state index < -0.39 is 6.04 Å². The fourth-order valence-electron chi connectivity index (χ4n) is 0.340. The summed E-state index contributed by atoms with van der Waals surface area (Å²) >= 11 is 4.42. The summed E-state index contributed by atoms with van der Waals surface area (Å²) in [7, 11) is -0.361. The molecule has 0 aromatic heterocycles. The third-order valence-corrected chi connectivity index (χ3v) is 0.724. The Balaban J connectivity index is 0. The maximum absolute atomic E-state index is 10.6. The van der Waals surface area contributed by atoms with Gasteiger partial charge in [-0.15, -0.1) is 0 Å². The van der Waals surface area contributed by atoms with Gasteiger partial charge >= 0.3 is 5.97 Å². The van der Waals surface area contributed by atoms with Crippen molar-refractivity contribution in [3.63, 3.8) is 0 Å². The molecule has 6 heteroatoms. The van der Waals surface area contributed by atoms with Crippen LogP contribution in [0.5, 0.6) is 0 Å². The zero-order chi connectivity index (χ0) is 10.1. The molecule has 0 aromatic rings. The van der Waals surface area contributed by atoms with E-state index in [1.54, 1.807) is 20.8 Å². The van der Waals surface area contributed by atoms with E-state index in [1.807, 2.05) is 0 Å². The molecule has 4 nitrogen and oxygen atoms in total. The number of hydrogen-bond donors (Lipinski definition) is 1. The molecular weight excluding hydrogens is 200 g/mol. The van der Waals surface area contributed by atoms with Gasteiger partial charge in [-0.2, -0.15) is 0 Å². The number of carbonyl (C=O) groups is 1. The predicted molar refractivity (Wildman–Crippen MR) is 48.3 cm³/mol. The molecule has 0 rings (SSSR count). The average Bonchev–Trinajstić information content (AvgIpc) is 1.87. The van der Waals surface area contributed by atoms with Gasteiger partial charge in [-0.1, -0.05) is 0 Å². The number of rotatable bonds is 2. The Morgan fingerprint density at radius 3 is 1.92 bits per heavy atom. The van der Waals surface area contributed by atoms with E-state index in [1.165, 1.54) is 0 Å². The average molecular weight is 214 g/mol. The Bertz CT molecular complexity index is 141. The summed E-state index contributed by atoms with van der Waals surface area (Å²) in [6.45, 7) is 5.19. The van der Waals surface area contributed by atoms with Crippen molar-refractivity contribution in [2.45, 2.75) is 32.9 Å². The molecule has 0 radical (unpaired) electrons. The highest BCUT2D eigenvalue weighted by atomic mass is 35.7. The normalized spacial score (nSPS) is 11.8. The third kappa shape index (κ3) is 12.5. The molecule has 0 unspecified atom stereocenters. The maximum Gasteiger partial charge on any atom is 0.322 e. The van der Waals surface area contributed by atoms with Crippen molar-refractivity contribution in [3.8, 4) is 0 Å². The Hall–Kier alpha value is -0.180. The number of halogens is 1. The van der Waals surface area contributed by atoms with Crippen LogP contribution in [0, 0.1) is 0 Å². The molecule has 0 amide bonds. The highest BCUT2D eigenvalue weighted by Crippen LogP contribution is 1.92. The van der Waals surface area contributed by atoms with Gasteiger partial charge in [0, 0.05) is 0 Å². The second-order valence-corrected chi connectivity index (χ2v) is 2.90. The van der Waals surface area contributed by atoms with Gasteiger partial charge in [-0.05, 0) is 32.0 Å². The fourth-order valence-corrected chi connectivity index (χ4v) is 0.340. The summed E-state index contributed by atoms with van der Waals surface area (Å²) in [6.07, 6.45) is -0.0662. The van der Waals surface area contributed by atoms with Gasteiger partial charge in [-0.3, -0.25) is 9.36 Å². The molecule has 2 N–H and O–H groups in total. The number of nitrogens with two attached hydrogens (primary N) is 1. The van der Waals surface area contributed by atoms with E-state index in [9.17, 15) is 4.79 Å². The van der Waals surface area contributed by atoms with Crippen molar-refractivity contribution in [2.24, 2.45) is 5.73 Å². The Morgan fingerprint density at radius 2 is 1.83 bits per heavy atom. The van der Waals surface area contributed by atoms with E-state index in [0.717, 1.165) is 0 Å². The molecule has 0 heterocycles. The lowest BCUT2D eigenvalue weighted by atomic mass is 10.4. The van der Waals surface area contributed by atoms with Crippen molar-refractivity contribution >= 4 is 25.0 Å². The predicted octanol–water partition coefficient (Wildman–Crippen LogP) is 1.72.